The summed E-state index contributed by atoms with van der Waals surface area (Å²) in [5, 5.41) is 11.8. The summed E-state index contributed by atoms with van der Waals surface area (Å²) >= 11 is 6.83. The molecule has 0 saturated heterocycles. The maximum atomic E-state index is 8.53. The Bertz CT molecular complexity index is 571. The van der Waals surface area contributed by atoms with E-state index in [1.54, 1.807) is 19.2 Å². The molecule has 0 spiro atoms. The molecule has 1 heterocycles. The first-order chi connectivity index (χ1) is 8.72. The first-order valence-corrected chi connectivity index (χ1v) is 6.08. The second-order valence-electron chi connectivity index (χ2n) is 3.16. The quantitative estimate of drug-likeness (QED) is 0.531. The van der Waals surface area contributed by atoms with Crippen molar-refractivity contribution in [2.45, 2.75) is 0 Å². The molecule has 1 N–H and O–H groups in total. The van der Waals surface area contributed by atoms with Gasteiger partial charge in [0.1, 0.15) is 11.5 Å². The van der Waals surface area contributed by atoms with Gasteiger partial charge in [-0.05, 0) is 12.1 Å². The van der Waals surface area contributed by atoms with Crippen LogP contribution in [-0.4, -0.2) is 22.5 Å². The zero-order valence-corrected chi connectivity index (χ0v) is 10.9. The minimum Gasteiger partial charge on any atom is -0.497 e. The van der Waals surface area contributed by atoms with Crippen LogP contribution in [0.2, 0.25) is 0 Å². The molecule has 5 nitrogen and oxygen atoms in total. The fourth-order valence-electron chi connectivity index (χ4n) is 1.22. The first kappa shape index (κ1) is 12.7. The highest BCUT2D eigenvalue weighted by atomic mass is 35.5. The fraction of sp³-hybridized carbons (Fsp3) is 0.0909. The van der Waals surface area contributed by atoms with Gasteiger partial charge in [0, 0.05) is 6.07 Å². The number of halogens is 1. The number of aromatic nitrogens is 1. The van der Waals surface area contributed by atoms with Gasteiger partial charge >= 0.3 is 0 Å². The van der Waals surface area contributed by atoms with E-state index in [0.29, 0.717) is 21.6 Å². The van der Waals surface area contributed by atoms with Crippen molar-refractivity contribution in [3.05, 3.63) is 35.3 Å². The van der Waals surface area contributed by atoms with Crippen LogP contribution in [0.25, 0.3) is 0 Å². The number of hydrogen-bond donors (Lipinski definition) is 1. The number of hydrogen-bond acceptors (Lipinski definition) is 6. The summed E-state index contributed by atoms with van der Waals surface area (Å²) in [6, 6.07) is 7.15. The van der Waals surface area contributed by atoms with Crippen molar-refractivity contribution in [2.75, 3.05) is 7.11 Å². The third-order valence-electron chi connectivity index (χ3n) is 2.02. The molecule has 0 aliphatic rings. The van der Waals surface area contributed by atoms with Gasteiger partial charge in [0.25, 0.3) is 5.19 Å². The SMILES string of the molecule is COc1cccc(Oc2ncc(/C(Cl)=N/O)s2)c1. The molecule has 7 heteroatoms. The highest BCUT2D eigenvalue weighted by molar-refractivity contribution is 7.17. The molecular weight excluding hydrogens is 276 g/mol. The van der Waals surface area contributed by atoms with Gasteiger partial charge in [-0.15, -0.1) is 0 Å². The van der Waals surface area contributed by atoms with Gasteiger partial charge in [0.05, 0.1) is 18.2 Å². The van der Waals surface area contributed by atoms with Crippen LogP contribution in [0.15, 0.2) is 35.6 Å². The van der Waals surface area contributed by atoms with Crippen LogP contribution in [-0.2, 0) is 0 Å². The Balaban J connectivity index is 2.16. The van der Waals surface area contributed by atoms with Crippen LogP contribution < -0.4 is 9.47 Å². The lowest BCUT2D eigenvalue weighted by Crippen LogP contribution is -1.85. The number of methoxy groups -OCH3 is 1. The molecule has 0 bridgehead atoms. The van der Waals surface area contributed by atoms with E-state index < -0.39 is 0 Å². The lowest BCUT2D eigenvalue weighted by Gasteiger charge is -2.03. The van der Waals surface area contributed by atoms with Gasteiger partial charge in [0.2, 0.25) is 0 Å². The normalized spacial score (nSPS) is 11.3. The molecule has 0 aliphatic carbocycles. The number of oxime groups is 1. The largest absolute Gasteiger partial charge is 0.497 e. The molecule has 94 valence electrons. The minimum atomic E-state index is -0.0204. The van der Waals surface area contributed by atoms with E-state index in [0.717, 1.165) is 0 Å². The van der Waals surface area contributed by atoms with Crippen molar-refractivity contribution < 1.29 is 14.7 Å². The average molecular weight is 285 g/mol. The van der Waals surface area contributed by atoms with Crippen LogP contribution in [0.3, 0.4) is 0 Å². The smallest absolute Gasteiger partial charge is 0.279 e. The summed E-state index contributed by atoms with van der Waals surface area (Å²) in [6.45, 7) is 0. The molecule has 0 fully saturated rings. The van der Waals surface area contributed by atoms with Crippen molar-refractivity contribution in [1.82, 2.24) is 4.98 Å². The van der Waals surface area contributed by atoms with E-state index >= 15 is 0 Å². The summed E-state index contributed by atoms with van der Waals surface area (Å²) in [5.74, 6) is 1.30. The van der Waals surface area contributed by atoms with Crippen molar-refractivity contribution in [1.29, 1.82) is 0 Å². The number of nitrogens with zero attached hydrogens (tertiary/aromatic N) is 2. The zero-order chi connectivity index (χ0) is 13.0. The molecule has 0 unspecified atom stereocenters. The van der Waals surface area contributed by atoms with Crippen molar-refractivity contribution >= 4 is 28.1 Å². The molecule has 0 saturated carbocycles. The number of thiazole rings is 1. The summed E-state index contributed by atoms with van der Waals surface area (Å²) in [5.41, 5.74) is 0. The van der Waals surface area contributed by atoms with Crippen molar-refractivity contribution in [3.8, 4) is 16.7 Å². The molecule has 0 radical (unpaired) electrons. The van der Waals surface area contributed by atoms with E-state index in [-0.39, 0.29) is 5.17 Å². The molecule has 0 amide bonds. The van der Waals surface area contributed by atoms with E-state index in [4.69, 9.17) is 26.3 Å². The lowest BCUT2D eigenvalue weighted by atomic mass is 10.3. The maximum absolute atomic E-state index is 8.53. The minimum absolute atomic E-state index is 0.0204. The Morgan fingerprint density at radius 1 is 1.44 bits per heavy atom. The van der Waals surface area contributed by atoms with Gasteiger partial charge in [0.15, 0.2) is 5.17 Å². The highest BCUT2D eigenvalue weighted by Crippen LogP contribution is 2.29. The van der Waals surface area contributed by atoms with E-state index in [1.165, 1.54) is 17.5 Å². The molecule has 0 atom stereocenters. The van der Waals surface area contributed by atoms with Crippen LogP contribution >= 0.6 is 22.9 Å². The third kappa shape index (κ3) is 2.91. The Hall–Kier alpha value is -1.79. The number of ether oxygens (including phenoxy) is 2. The zero-order valence-electron chi connectivity index (χ0n) is 9.33. The topological polar surface area (TPSA) is 63.9 Å². The summed E-state index contributed by atoms with van der Waals surface area (Å²) < 4.78 is 10.6. The number of benzene rings is 1. The molecule has 1 aromatic carbocycles. The second-order valence-corrected chi connectivity index (χ2v) is 4.51. The van der Waals surface area contributed by atoms with Gasteiger partial charge in [-0.25, -0.2) is 4.98 Å². The summed E-state index contributed by atoms with van der Waals surface area (Å²) in [4.78, 5) is 4.54. The molecule has 2 aromatic rings. The van der Waals surface area contributed by atoms with Gasteiger partial charge in [-0.3, -0.25) is 0 Å². The maximum Gasteiger partial charge on any atom is 0.279 e. The molecular formula is C11H9ClN2O3S. The standard InChI is InChI=1S/C11H9ClN2O3S/c1-16-7-3-2-4-8(5-7)17-11-13-6-9(18-11)10(12)14-15/h2-6,15H,1H3/b14-10-. The van der Waals surface area contributed by atoms with Crippen LogP contribution in [0.1, 0.15) is 4.88 Å². The molecule has 18 heavy (non-hydrogen) atoms. The Morgan fingerprint density at radius 2 is 2.22 bits per heavy atom. The van der Waals surface area contributed by atoms with E-state index in [2.05, 4.69) is 10.1 Å². The highest BCUT2D eigenvalue weighted by Gasteiger charge is 2.09. The predicted octanol–water partition coefficient (Wildman–Crippen LogP) is 3.32. The molecule has 2 rings (SSSR count). The predicted molar refractivity (Wildman–Crippen MR) is 69.4 cm³/mol. The van der Waals surface area contributed by atoms with Gasteiger partial charge in [-0.2, -0.15) is 0 Å². The Labute approximate surface area is 112 Å². The first-order valence-electron chi connectivity index (χ1n) is 4.88. The third-order valence-corrected chi connectivity index (χ3v) is 3.30. The van der Waals surface area contributed by atoms with E-state index in [1.807, 2.05) is 12.1 Å². The second kappa shape index (κ2) is 5.70. The van der Waals surface area contributed by atoms with Crippen LogP contribution in [0.5, 0.6) is 16.7 Å². The lowest BCUT2D eigenvalue weighted by molar-refractivity contribution is 0.321. The van der Waals surface area contributed by atoms with Crippen LogP contribution in [0.4, 0.5) is 0 Å². The van der Waals surface area contributed by atoms with Crippen molar-refractivity contribution in [2.24, 2.45) is 5.16 Å². The molecule has 0 aliphatic heterocycles. The monoisotopic (exact) mass is 284 g/mol. The Kier molecular flexibility index (Phi) is 4.01. The summed E-state index contributed by atoms with van der Waals surface area (Å²) in [7, 11) is 1.58. The van der Waals surface area contributed by atoms with Gasteiger partial charge < -0.3 is 14.7 Å². The van der Waals surface area contributed by atoms with E-state index in [9.17, 15) is 0 Å². The number of rotatable bonds is 4. The molecule has 1 aromatic heterocycles. The Morgan fingerprint density at radius 3 is 2.94 bits per heavy atom. The fourth-order valence-corrected chi connectivity index (χ4v) is 2.04. The van der Waals surface area contributed by atoms with Crippen molar-refractivity contribution in [3.63, 3.8) is 0 Å². The summed E-state index contributed by atoms with van der Waals surface area (Å²) in [6.07, 6.45) is 1.47. The average Bonchev–Trinajstić information content (AvgIpc) is 2.86. The van der Waals surface area contributed by atoms with Gasteiger partial charge in [-0.1, -0.05) is 34.2 Å². The van der Waals surface area contributed by atoms with Crippen LogP contribution in [0, 0.1) is 0 Å².